The predicted molar refractivity (Wildman–Crippen MR) is 114 cm³/mol. The van der Waals surface area contributed by atoms with E-state index in [0.29, 0.717) is 6.54 Å². The first kappa shape index (κ1) is 17.3. The first-order valence-electron chi connectivity index (χ1n) is 8.76. The van der Waals surface area contributed by atoms with Gasteiger partial charge in [-0.1, -0.05) is 42.5 Å². The minimum absolute atomic E-state index is 0.703. The first-order valence-corrected chi connectivity index (χ1v) is 9.64. The molecule has 3 aromatic carbocycles. The standard InChI is InChI=1S/C23H20N2OS/c1-3-15-25-22(18-11-13-19(26-2)14-12-18)16-27-23(25)24-21-10-6-8-17-7-4-5-9-20(17)21/h3-14,16H,1,15H2,2H3. The summed E-state index contributed by atoms with van der Waals surface area (Å²) in [6.07, 6.45) is 1.90. The Morgan fingerprint density at radius 3 is 2.59 bits per heavy atom. The third kappa shape index (κ3) is 3.44. The van der Waals surface area contributed by atoms with Gasteiger partial charge in [-0.05, 0) is 41.3 Å². The number of fused-ring (bicyclic) bond motifs is 1. The van der Waals surface area contributed by atoms with Crippen LogP contribution >= 0.6 is 11.3 Å². The van der Waals surface area contributed by atoms with Crippen molar-refractivity contribution < 1.29 is 4.74 Å². The molecule has 0 aliphatic rings. The summed E-state index contributed by atoms with van der Waals surface area (Å²) in [5, 5.41) is 4.50. The molecule has 0 amide bonds. The molecule has 0 aliphatic heterocycles. The summed E-state index contributed by atoms with van der Waals surface area (Å²) in [5.74, 6) is 0.852. The quantitative estimate of drug-likeness (QED) is 0.407. The Hall–Kier alpha value is -3.11. The molecule has 0 bridgehead atoms. The Bertz CT molecular complexity index is 1150. The average Bonchev–Trinajstić information content (AvgIpc) is 3.11. The second-order valence-electron chi connectivity index (χ2n) is 6.14. The van der Waals surface area contributed by atoms with Gasteiger partial charge >= 0.3 is 0 Å². The average molecular weight is 372 g/mol. The van der Waals surface area contributed by atoms with Crippen molar-refractivity contribution in [3.05, 3.63) is 89.6 Å². The maximum atomic E-state index is 5.27. The van der Waals surface area contributed by atoms with Crippen molar-refractivity contribution in [2.75, 3.05) is 7.11 Å². The number of hydrogen-bond acceptors (Lipinski definition) is 3. The first-order chi connectivity index (χ1) is 13.3. The van der Waals surface area contributed by atoms with Crippen LogP contribution in [0.25, 0.3) is 22.0 Å². The molecule has 0 fully saturated rings. The molecule has 4 aromatic rings. The summed E-state index contributed by atoms with van der Waals surface area (Å²) in [5.41, 5.74) is 3.24. The van der Waals surface area contributed by atoms with Gasteiger partial charge < -0.3 is 9.30 Å². The zero-order valence-electron chi connectivity index (χ0n) is 15.1. The fraction of sp³-hybridized carbons (Fsp3) is 0.0870. The van der Waals surface area contributed by atoms with Crippen LogP contribution in [0.5, 0.6) is 5.75 Å². The van der Waals surface area contributed by atoms with Crippen molar-refractivity contribution in [2.24, 2.45) is 4.99 Å². The molecule has 0 aliphatic carbocycles. The molecule has 27 heavy (non-hydrogen) atoms. The van der Waals surface area contributed by atoms with Gasteiger partial charge in [0.1, 0.15) is 5.75 Å². The lowest BCUT2D eigenvalue weighted by molar-refractivity contribution is 0.415. The molecule has 0 N–H and O–H groups in total. The van der Waals surface area contributed by atoms with Gasteiger partial charge in [-0.2, -0.15) is 0 Å². The van der Waals surface area contributed by atoms with Crippen LogP contribution in [0.15, 0.2) is 89.8 Å². The monoisotopic (exact) mass is 372 g/mol. The summed E-state index contributed by atoms with van der Waals surface area (Å²) in [6.45, 7) is 4.62. The van der Waals surface area contributed by atoms with Gasteiger partial charge in [0.05, 0.1) is 18.5 Å². The largest absolute Gasteiger partial charge is 0.497 e. The van der Waals surface area contributed by atoms with Crippen molar-refractivity contribution >= 4 is 27.8 Å². The van der Waals surface area contributed by atoms with Gasteiger partial charge in [0.2, 0.25) is 0 Å². The van der Waals surface area contributed by atoms with E-state index in [1.54, 1.807) is 18.4 Å². The zero-order chi connectivity index (χ0) is 18.6. The van der Waals surface area contributed by atoms with Crippen LogP contribution in [0.1, 0.15) is 0 Å². The van der Waals surface area contributed by atoms with Crippen LogP contribution in [-0.4, -0.2) is 11.7 Å². The molecule has 3 nitrogen and oxygen atoms in total. The molecular weight excluding hydrogens is 352 g/mol. The summed E-state index contributed by atoms with van der Waals surface area (Å²) >= 11 is 1.64. The predicted octanol–water partition coefficient (Wildman–Crippen LogP) is 5.80. The lowest BCUT2D eigenvalue weighted by Gasteiger charge is -2.08. The van der Waals surface area contributed by atoms with E-state index in [2.05, 4.69) is 71.1 Å². The number of allylic oxidation sites excluding steroid dienone is 1. The van der Waals surface area contributed by atoms with Gasteiger partial charge in [-0.25, -0.2) is 4.99 Å². The second-order valence-corrected chi connectivity index (χ2v) is 6.98. The van der Waals surface area contributed by atoms with E-state index in [4.69, 9.17) is 9.73 Å². The number of hydrogen-bond donors (Lipinski definition) is 0. The Labute approximate surface area is 162 Å². The molecule has 4 rings (SSSR count). The SMILES string of the molecule is C=CCn1c(-c2ccc(OC)cc2)csc1=Nc1cccc2ccccc12. The van der Waals surface area contributed by atoms with E-state index in [0.717, 1.165) is 32.9 Å². The third-order valence-corrected chi connectivity index (χ3v) is 5.34. The van der Waals surface area contributed by atoms with Crippen LogP contribution in [0.4, 0.5) is 5.69 Å². The Morgan fingerprint density at radius 1 is 1.04 bits per heavy atom. The maximum Gasteiger partial charge on any atom is 0.190 e. The highest BCUT2D eigenvalue weighted by Crippen LogP contribution is 2.27. The van der Waals surface area contributed by atoms with Gasteiger partial charge in [0.15, 0.2) is 4.80 Å². The zero-order valence-corrected chi connectivity index (χ0v) is 15.9. The van der Waals surface area contributed by atoms with Crippen molar-refractivity contribution in [1.82, 2.24) is 4.57 Å². The number of rotatable bonds is 5. The minimum atomic E-state index is 0.703. The Kier molecular flexibility index (Phi) is 4.90. The van der Waals surface area contributed by atoms with Gasteiger partial charge in [0.25, 0.3) is 0 Å². The highest BCUT2D eigenvalue weighted by Gasteiger charge is 2.08. The summed E-state index contributed by atoms with van der Waals surface area (Å²) in [4.78, 5) is 5.93. The van der Waals surface area contributed by atoms with Crippen molar-refractivity contribution in [1.29, 1.82) is 0 Å². The number of methoxy groups -OCH3 is 1. The number of aromatic nitrogens is 1. The number of ether oxygens (including phenoxy) is 1. The Morgan fingerprint density at radius 2 is 1.81 bits per heavy atom. The van der Waals surface area contributed by atoms with E-state index >= 15 is 0 Å². The molecule has 134 valence electrons. The molecular formula is C23H20N2OS. The van der Waals surface area contributed by atoms with E-state index < -0.39 is 0 Å². The molecule has 0 radical (unpaired) electrons. The minimum Gasteiger partial charge on any atom is -0.497 e. The molecule has 0 atom stereocenters. The normalized spacial score (nSPS) is 11.7. The highest BCUT2D eigenvalue weighted by molar-refractivity contribution is 7.07. The smallest absolute Gasteiger partial charge is 0.190 e. The summed E-state index contributed by atoms with van der Waals surface area (Å²) in [6, 6.07) is 22.7. The Balaban J connectivity index is 1.86. The molecule has 0 spiro atoms. The topological polar surface area (TPSA) is 26.5 Å². The van der Waals surface area contributed by atoms with Crippen molar-refractivity contribution in [2.45, 2.75) is 6.54 Å². The van der Waals surface area contributed by atoms with E-state index in [1.807, 2.05) is 18.2 Å². The molecule has 0 saturated heterocycles. The van der Waals surface area contributed by atoms with Gasteiger partial charge in [-0.3, -0.25) is 0 Å². The second kappa shape index (κ2) is 7.64. The molecule has 0 saturated carbocycles. The highest BCUT2D eigenvalue weighted by atomic mass is 32.1. The van der Waals surface area contributed by atoms with Crippen LogP contribution < -0.4 is 9.54 Å². The van der Waals surface area contributed by atoms with Crippen LogP contribution in [0.2, 0.25) is 0 Å². The maximum absolute atomic E-state index is 5.27. The summed E-state index contributed by atoms with van der Waals surface area (Å²) in [7, 11) is 1.68. The lowest BCUT2D eigenvalue weighted by Crippen LogP contribution is -2.14. The molecule has 1 aromatic heterocycles. The van der Waals surface area contributed by atoms with Crippen molar-refractivity contribution in [3.8, 4) is 17.0 Å². The summed E-state index contributed by atoms with van der Waals surface area (Å²) < 4.78 is 7.46. The fourth-order valence-electron chi connectivity index (χ4n) is 3.13. The molecule has 1 heterocycles. The number of benzene rings is 3. The molecule has 4 heteroatoms. The number of thiazole rings is 1. The lowest BCUT2D eigenvalue weighted by atomic mass is 10.1. The fourth-order valence-corrected chi connectivity index (χ4v) is 4.06. The van der Waals surface area contributed by atoms with E-state index in [-0.39, 0.29) is 0 Å². The van der Waals surface area contributed by atoms with Gasteiger partial charge in [-0.15, -0.1) is 17.9 Å². The van der Waals surface area contributed by atoms with E-state index in [1.165, 1.54) is 5.39 Å². The third-order valence-electron chi connectivity index (χ3n) is 4.48. The molecule has 0 unspecified atom stereocenters. The van der Waals surface area contributed by atoms with Crippen LogP contribution in [0, 0.1) is 0 Å². The van der Waals surface area contributed by atoms with Crippen LogP contribution in [0.3, 0.4) is 0 Å². The van der Waals surface area contributed by atoms with E-state index in [9.17, 15) is 0 Å². The van der Waals surface area contributed by atoms with Crippen molar-refractivity contribution in [3.63, 3.8) is 0 Å². The van der Waals surface area contributed by atoms with Crippen LogP contribution in [-0.2, 0) is 6.54 Å². The van der Waals surface area contributed by atoms with Gasteiger partial charge in [0, 0.05) is 17.3 Å². The number of nitrogens with zero attached hydrogens (tertiary/aromatic N) is 2.